The SMILES string of the molecule is C=CCCCC1(CC)CCC[n+]2c([O-])cc(=O)sc21. The Morgan fingerprint density at radius 1 is 1.63 bits per heavy atom. The third-order valence-electron chi connectivity index (χ3n) is 4.18. The molecule has 1 unspecified atom stereocenters. The summed E-state index contributed by atoms with van der Waals surface area (Å²) in [5.41, 5.74) is 0.0194. The van der Waals surface area contributed by atoms with Crippen molar-refractivity contribution in [2.24, 2.45) is 0 Å². The van der Waals surface area contributed by atoms with E-state index >= 15 is 0 Å². The molecule has 19 heavy (non-hydrogen) atoms. The predicted molar refractivity (Wildman–Crippen MR) is 75.5 cm³/mol. The maximum Gasteiger partial charge on any atom is 0.246 e. The van der Waals surface area contributed by atoms with Gasteiger partial charge in [0.1, 0.15) is 6.54 Å². The van der Waals surface area contributed by atoms with Gasteiger partial charge in [-0.05, 0) is 43.4 Å². The summed E-state index contributed by atoms with van der Waals surface area (Å²) in [6.45, 7) is 6.68. The average Bonchev–Trinajstić information content (AvgIpc) is 2.39. The number of hydrogen-bond donors (Lipinski definition) is 0. The summed E-state index contributed by atoms with van der Waals surface area (Å²) in [5, 5.41) is 13.0. The van der Waals surface area contributed by atoms with E-state index in [1.807, 2.05) is 10.6 Å². The first-order valence-electron chi connectivity index (χ1n) is 6.99. The zero-order valence-electron chi connectivity index (χ0n) is 11.5. The van der Waals surface area contributed by atoms with Crippen molar-refractivity contribution in [3.63, 3.8) is 0 Å². The van der Waals surface area contributed by atoms with Crippen LogP contribution in [-0.4, -0.2) is 0 Å². The van der Waals surface area contributed by atoms with Gasteiger partial charge in [0.05, 0.1) is 11.5 Å². The summed E-state index contributed by atoms with van der Waals surface area (Å²) in [6.07, 6.45) is 8.14. The molecule has 1 aliphatic heterocycles. The lowest BCUT2D eigenvalue weighted by Gasteiger charge is -2.33. The molecular weight excluding hydrogens is 258 g/mol. The van der Waals surface area contributed by atoms with Crippen LogP contribution in [0.4, 0.5) is 0 Å². The van der Waals surface area contributed by atoms with Gasteiger partial charge in [-0.1, -0.05) is 13.0 Å². The Kier molecular flexibility index (Phi) is 4.40. The van der Waals surface area contributed by atoms with E-state index in [2.05, 4.69) is 13.5 Å². The zero-order valence-corrected chi connectivity index (χ0v) is 12.3. The van der Waals surface area contributed by atoms with E-state index in [0.29, 0.717) is 0 Å². The van der Waals surface area contributed by atoms with E-state index < -0.39 is 0 Å². The molecule has 0 saturated heterocycles. The quantitative estimate of drug-likeness (QED) is 0.471. The molecule has 4 heteroatoms. The second kappa shape index (κ2) is 5.87. The second-order valence-electron chi connectivity index (χ2n) is 5.28. The Balaban J connectivity index is 2.43. The number of nitrogens with zero attached hydrogens (tertiary/aromatic N) is 1. The molecule has 0 N–H and O–H groups in total. The van der Waals surface area contributed by atoms with Crippen LogP contribution in [0.3, 0.4) is 0 Å². The maximum atomic E-state index is 12.0. The van der Waals surface area contributed by atoms with Gasteiger partial charge in [0, 0.05) is 6.42 Å². The van der Waals surface area contributed by atoms with Crippen LogP contribution < -0.4 is 14.4 Å². The Labute approximate surface area is 118 Å². The van der Waals surface area contributed by atoms with Gasteiger partial charge in [-0.2, -0.15) is 4.57 Å². The van der Waals surface area contributed by atoms with Crippen LogP contribution in [0.1, 0.15) is 50.5 Å². The zero-order chi connectivity index (χ0) is 13.9. The minimum Gasteiger partial charge on any atom is -0.823 e. The van der Waals surface area contributed by atoms with Gasteiger partial charge in [0.25, 0.3) is 0 Å². The predicted octanol–water partition coefficient (Wildman–Crippen LogP) is 2.27. The lowest BCUT2D eigenvalue weighted by Crippen LogP contribution is -2.52. The van der Waals surface area contributed by atoms with Crippen LogP contribution in [0.2, 0.25) is 0 Å². The molecule has 2 rings (SSSR count). The molecule has 1 aromatic rings. The third-order valence-corrected chi connectivity index (χ3v) is 5.35. The molecule has 0 radical (unpaired) electrons. The fraction of sp³-hybridized carbons (Fsp3) is 0.600. The van der Waals surface area contributed by atoms with Gasteiger partial charge in [-0.15, -0.1) is 6.58 Å². The lowest BCUT2D eigenvalue weighted by molar-refractivity contribution is -0.747. The Bertz CT molecular complexity index is 523. The summed E-state index contributed by atoms with van der Waals surface area (Å²) >= 11 is 1.27. The smallest absolute Gasteiger partial charge is 0.246 e. The van der Waals surface area contributed by atoms with Crippen molar-refractivity contribution in [1.82, 2.24) is 0 Å². The Morgan fingerprint density at radius 3 is 3.11 bits per heavy atom. The van der Waals surface area contributed by atoms with Crippen LogP contribution in [0, 0.1) is 0 Å². The highest BCUT2D eigenvalue weighted by Gasteiger charge is 2.42. The first kappa shape index (κ1) is 14.3. The van der Waals surface area contributed by atoms with Crippen molar-refractivity contribution in [2.45, 2.75) is 57.4 Å². The van der Waals surface area contributed by atoms with Crippen molar-refractivity contribution in [3.05, 3.63) is 33.3 Å². The molecular formula is C15H21NO2S. The average molecular weight is 279 g/mol. The van der Waals surface area contributed by atoms with Gasteiger partial charge >= 0.3 is 0 Å². The summed E-state index contributed by atoms with van der Waals surface area (Å²) in [7, 11) is 0. The highest BCUT2D eigenvalue weighted by atomic mass is 32.1. The highest BCUT2D eigenvalue weighted by Crippen LogP contribution is 2.40. The van der Waals surface area contributed by atoms with E-state index in [9.17, 15) is 9.90 Å². The van der Waals surface area contributed by atoms with Crippen molar-refractivity contribution < 1.29 is 9.67 Å². The van der Waals surface area contributed by atoms with E-state index in [-0.39, 0.29) is 16.0 Å². The minimum atomic E-state index is -0.125. The first-order chi connectivity index (χ1) is 9.13. The highest BCUT2D eigenvalue weighted by molar-refractivity contribution is 7.08. The molecule has 104 valence electrons. The molecule has 0 spiro atoms. The van der Waals surface area contributed by atoms with Crippen LogP contribution in [0.5, 0.6) is 5.88 Å². The molecule has 0 amide bonds. The molecule has 0 fully saturated rings. The van der Waals surface area contributed by atoms with Crippen molar-refractivity contribution >= 4 is 11.3 Å². The fourth-order valence-electron chi connectivity index (χ4n) is 3.07. The van der Waals surface area contributed by atoms with Gasteiger partial charge in [-0.3, -0.25) is 4.79 Å². The van der Waals surface area contributed by atoms with E-state index in [4.69, 9.17) is 0 Å². The summed E-state index contributed by atoms with van der Waals surface area (Å²) in [6, 6.07) is 1.23. The molecule has 1 atom stereocenters. The van der Waals surface area contributed by atoms with Crippen LogP contribution in [0.15, 0.2) is 23.5 Å². The van der Waals surface area contributed by atoms with Crippen molar-refractivity contribution in [3.8, 4) is 5.88 Å². The normalized spacial score (nSPS) is 21.9. The largest absolute Gasteiger partial charge is 0.823 e. The second-order valence-corrected chi connectivity index (χ2v) is 6.27. The minimum absolute atomic E-state index is 0.0194. The van der Waals surface area contributed by atoms with Crippen LogP contribution in [-0.2, 0) is 12.0 Å². The maximum absolute atomic E-state index is 12.0. The van der Waals surface area contributed by atoms with Gasteiger partial charge in [-0.25, -0.2) is 0 Å². The molecule has 1 aliphatic rings. The van der Waals surface area contributed by atoms with E-state index in [0.717, 1.165) is 50.1 Å². The topological polar surface area (TPSA) is 44.0 Å². The third kappa shape index (κ3) is 2.73. The molecule has 0 aromatic carbocycles. The van der Waals surface area contributed by atoms with E-state index in [1.54, 1.807) is 0 Å². The fourth-order valence-corrected chi connectivity index (χ4v) is 4.28. The first-order valence-corrected chi connectivity index (χ1v) is 7.81. The number of allylic oxidation sites excluding steroid dienone is 1. The molecule has 3 nitrogen and oxygen atoms in total. The van der Waals surface area contributed by atoms with Gasteiger partial charge < -0.3 is 5.11 Å². The standard InChI is InChI=1S/C15H21NO2S/c1-3-5-6-8-15(4-2)9-7-10-16-12(17)11-13(18)19-14(15)16/h3,11H,1,4-10H2,2H3. The molecule has 1 aromatic heterocycles. The number of unbranched alkanes of at least 4 members (excludes halogenated alkanes) is 1. The van der Waals surface area contributed by atoms with Gasteiger partial charge in [0.2, 0.25) is 9.75 Å². The lowest BCUT2D eigenvalue weighted by atomic mass is 9.75. The van der Waals surface area contributed by atoms with Gasteiger partial charge in [0.15, 0.2) is 5.88 Å². The number of fused-ring (bicyclic) bond motifs is 1. The summed E-state index contributed by atoms with van der Waals surface area (Å²) in [5.74, 6) is -0.125. The van der Waals surface area contributed by atoms with Crippen LogP contribution >= 0.6 is 11.3 Å². The molecule has 0 aliphatic carbocycles. The van der Waals surface area contributed by atoms with Crippen LogP contribution in [0.25, 0.3) is 0 Å². The number of aromatic nitrogens is 1. The summed E-state index contributed by atoms with van der Waals surface area (Å²) in [4.78, 5) is 11.7. The monoisotopic (exact) mass is 279 g/mol. The van der Waals surface area contributed by atoms with E-state index in [1.165, 1.54) is 17.4 Å². The Hall–Kier alpha value is -1.16. The van der Waals surface area contributed by atoms with Crippen molar-refractivity contribution in [2.75, 3.05) is 0 Å². The van der Waals surface area contributed by atoms with Crippen molar-refractivity contribution in [1.29, 1.82) is 0 Å². The number of rotatable bonds is 5. The summed E-state index contributed by atoms with van der Waals surface area (Å²) < 4.78 is 1.71. The molecule has 0 saturated carbocycles. The molecule has 0 bridgehead atoms. The number of hydrogen-bond acceptors (Lipinski definition) is 3. The molecule has 2 heterocycles. The Morgan fingerprint density at radius 2 is 2.42 bits per heavy atom.